The minimum Gasteiger partial charge on any atom is -0.339 e. The summed E-state index contributed by atoms with van der Waals surface area (Å²) in [5.74, 6) is -2.78. The molecule has 0 aliphatic carbocycles. The molecule has 2 rings (SSSR count). The zero-order chi connectivity index (χ0) is 21.2. The van der Waals surface area contributed by atoms with Crippen molar-refractivity contribution in [3.8, 4) is 0 Å². The third-order valence-corrected chi connectivity index (χ3v) is 4.15. The van der Waals surface area contributed by atoms with Crippen molar-refractivity contribution >= 4 is 30.0 Å². The maximum Gasteiger partial charge on any atom is 0.355 e. The van der Waals surface area contributed by atoms with Crippen molar-refractivity contribution in [3.63, 3.8) is 0 Å². The SMILES string of the molecule is [N-]=[N+]=NCCCC[C@H](NC(=O)c1ccc(C=O)cc1)C(=O)ON1C(=O)CCC1=O. The molecule has 11 nitrogen and oxygen atoms in total. The summed E-state index contributed by atoms with van der Waals surface area (Å²) in [6, 6.07) is 4.64. The molecule has 1 aromatic carbocycles. The van der Waals surface area contributed by atoms with Crippen LogP contribution in [0, 0.1) is 0 Å². The highest BCUT2D eigenvalue weighted by molar-refractivity contribution is 6.02. The van der Waals surface area contributed by atoms with Gasteiger partial charge < -0.3 is 10.2 Å². The lowest BCUT2D eigenvalue weighted by Gasteiger charge is -2.20. The molecule has 1 saturated heterocycles. The van der Waals surface area contributed by atoms with E-state index in [9.17, 15) is 24.0 Å². The van der Waals surface area contributed by atoms with Gasteiger partial charge in [-0.1, -0.05) is 23.7 Å². The van der Waals surface area contributed by atoms with E-state index in [1.165, 1.54) is 24.3 Å². The van der Waals surface area contributed by atoms with Crippen LogP contribution in [0.2, 0.25) is 0 Å². The number of imide groups is 1. The number of rotatable bonds is 10. The highest BCUT2D eigenvalue weighted by Crippen LogP contribution is 2.14. The van der Waals surface area contributed by atoms with E-state index >= 15 is 0 Å². The van der Waals surface area contributed by atoms with Gasteiger partial charge in [0.1, 0.15) is 12.3 Å². The highest BCUT2D eigenvalue weighted by atomic mass is 16.7. The number of hydroxylamine groups is 2. The second kappa shape index (κ2) is 10.6. The molecular formula is C18H19N5O6. The number of azide groups is 1. The average Bonchev–Trinajstić information content (AvgIpc) is 3.04. The molecule has 1 aromatic rings. The van der Waals surface area contributed by atoms with Gasteiger partial charge in [-0.2, -0.15) is 0 Å². The lowest BCUT2D eigenvalue weighted by molar-refractivity contribution is -0.199. The van der Waals surface area contributed by atoms with Gasteiger partial charge in [-0.3, -0.25) is 19.2 Å². The van der Waals surface area contributed by atoms with Crippen LogP contribution in [0.25, 0.3) is 10.4 Å². The number of hydrogen-bond donors (Lipinski definition) is 1. The van der Waals surface area contributed by atoms with Gasteiger partial charge >= 0.3 is 5.97 Å². The number of unbranched alkanes of at least 4 members (excludes halogenated alkanes) is 1. The van der Waals surface area contributed by atoms with Crippen molar-refractivity contribution in [2.75, 3.05) is 6.54 Å². The van der Waals surface area contributed by atoms with Gasteiger partial charge in [0, 0.05) is 35.4 Å². The fourth-order valence-electron chi connectivity index (χ4n) is 2.59. The summed E-state index contributed by atoms with van der Waals surface area (Å²) in [5.41, 5.74) is 8.90. The van der Waals surface area contributed by atoms with Gasteiger partial charge in [0.05, 0.1) is 0 Å². The second-order valence-electron chi connectivity index (χ2n) is 6.21. The molecule has 0 unspecified atom stereocenters. The fraction of sp³-hybridized carbons (Fsp3) is 0.389. The topological polar surface area (TPSA) is 159 Å². The summed E-state index contributed by atoms with van der Waals surface area (Å²) in [5, 5.41) is 6.32. The molecule has 0 bridgehead atoms. The van der Waals surface area contributed by atoms with Gasteiger partial charge in [0.25, 0.3) is 17.7 Å². The van der Waals surface area contributed by atoms with Crippen molar-refractivity contribution in [2.45, 2.75) is 38.1 Å². The van der Waals surface area contributed by atoms with Crippen LogP contribution >= 0.6 is 0 Å². The van der Waals surface area contributed by atoms with Crippen LogP contribution in [0.5, 0.6) is 0 Å². The molecule has 1 atom stereocenters. The summed E-state index contributed by atoms with van der Waals surface area (Å²) in [4.78, 5) is 66.4. The predicted molar refractivity (Wildman–Crippen MR) is 98.1 cm³/mol. The average molecular weight is 401 g/mol. The maximum atomic E-state index is 12.5. The van der Waals surface area contributed by atoms with Gasteiger partial charge in [0.2, 0.25) is 0 Å². The minimum absolute atomic E-state index is 0.0433. The van der Waals surface area contributed by atoms with E-state index in [2.05, 4.69) is 15.3 Å². The van der Waals surface area contributed by atoms with E-state index < -0.39 is 29.7 Å². The van der Waals surface area contributed by atoms with Crippen LogP contribution in [0.15, 0.2) is 29.4 Å². The van der Waals surface area contributed by atoms with Crippen molar-refractivity contribution in [3.05, 3.63) is 45.8 Å². The Morgan fingerprint density at radius 1 is 1.21 bits per heavy atom. The lowest BCUT2D eigenvalue weighted by atomic mass is 10.1. The third kappa shape index (κ3) is 6.15. The Balaban J connectivity index is 2.05. The second-order valence-corrected chi connectivity index (χ2v) is 6.21. The van der Waals surface area contributed by atoms with E-state index in [0.717, 1.165) is 0 Å². The Bertz CT molecular complexity index is 831. The minimum atomic E-state index is -1.12. The summed E-state index contributed by atoms with van der Waals surface area (Å²) in [7, 11) is 0. The van der Waals surface area contributed by atoms with E-state index in [4.69, 9.17) is 10.4 Å². The van der Waals surface area contributed by atoms with Gasteiger partial charge in [-0.25, -0.2) is 4.79 Å². The number of aldehydes is 1. The van der Waals surface area contributed by atoms with Crippen LogP contribution in [0.4, 0.5) is 0 Å². The lowest BCUT2D eigenvalue weighted by Crippen LogP contribution is -2.45. The number of carbonyl (C=O) groups is 5. The van der Waals surface area contributed by atoms with Crippen LogP contribution < -0.4 is 5.32 Å². The molecule has 1 heterocycles. The largest absolute Gasteiger partial charge is 0.355 e. The summed E-state index contributed by atoms with van der Waals surface area (Å²) in [6.45, 7) is 0.225. The van der Waals surface area contributed by atoms with Crippen LogP contribution in [0.3, 0.4) is 0 Å². The Labute approximate surface area is 165 Å². The van der Waals surface area contributed by atoms with Gasteiger partial charge in [-0.15, -0.1) is 5.06 Å². The number of carbonyl (C=O) groups excluding carboxylic acids is 5. The molecule has 1 N–H and O–H groups in total. The van der Waals surface area contributed by atoms with Crippen molar-refractivity contribution in [1.82, 2.24) is 10.4 Å². The third-order valence-electron chi connectivity index (χ3n) is 4.15. The molecule has 29 heavy (non-hydrogen) atoms. The molecule has 11 heteroatoms. The molecule has 1 fully saturated rings. The maximum absolute atomic E-state index is 12.5. The number of benzene rings is 1. The van der Waals surface area contributed by atoms with Crippen LogP contribution in [-0.2, 0) is 19.2 Å². The Kier molecular flexibility index (Phi) is 7.87. The van der Waals surface area contributed by atoms with E-state index in [1.54, 1.807) is 0 Å². The predicted octanol–water partition coefficient (Wildman–Crippen LogP) is 1.69. The Hall–Kier alpha value is -3.72. The molecule has 152 valence electrons. The first kappa shape index (κ1) is 21.6. The highest BCUT2D eigenvalue weighted by Gasteiger charge is 2.35. The van der Waals surface area contributed by atoms with E-state index in [0.29, 0.717) is 29.8 Å². The van der Waals surface area contributed by atoms with E-state index in [-0.39, 0.29) is 31.4 Å². The molecule has 0 saturated carbocycles. The smallest absolute Gasteiger partial charge is 0.339 e. The summed E-state index contributed by atoms with van der Waals surface area (Å²) < 4.78 is 0. The summed E-state index contributed by atoms with van der Waals surface area (Å²) in [6.07, 6.45) is 1.59. The van der Waals surface area contributed by atoms with Crippen LogP contribution in [0.1, 0.15) is 52.8 Å². The van der Waals surface area contributed by atoms with E-state index in [1.807, 2.05) is 0 Å². The zero-order valence-corrected chi connectivity index (χ0v) is 15.4. The van der Waals surface area contributed by atoms with Crippen molar-refractivity contribution in [1.29, 1.82) is 0 Å². The Morgan fingerprint density at radius 2 is 1.86 bits per heavy atom. The standard InChI is InChI=1S/C18H19N5O6/c19-22-20-10-2-1-3-14(18(28)29-23-15(25)8-9-16(23)26)21-17(27)13-6-4-12(11-24)5-7-13/h4-7,11,14H,1-3,8-10H2,(H,21,27)/t14-/m0/s1. The monoisotopic (exact) mass is 401 g/mol. The molecule has 0 spiro atoms. The summed E-state index contributed by atoms with van der Waals surface area (Å²) >= 11 is 0. The number of nitrogens with zero attached hydrogens (tertiary/aromatic N) is 4. The normalized spacial score (nSPS) is 14.1. The first-order valence-corrected chi connectivity index (χ1v) is 8.91. The fourth-order valence-corrected chi connectivity index (χ4v) is 2.59. The molecular weight excluding hydrogens is 382 g/mol. The van der Waals surface area contributed by atoms with Gasteiger partial charge in [0.15, 0.2) is 0 Å². The molecule has 3 amide bonds. The number of amides is 3. The molecule has 1 aliphatic heterocycles. The quantitative estimate of drug-likeness (QED) is 0.157. The molecule has 0 radical (unpaired) electrons. The number of hydrogen-bond acceptors (Lipinski definition) is 7. The van der Waals surface area contributed by atoms with Crippen LogP contribution in [-0.4, -0.2) is 47.6 Å². The molecule has 0 aromatic heterocycles. The van der Waals surface area contributed by atoms with Crippen molar-refractivity contribution in [2.24, 2.45) is 5.11 Å². The zero-order valence-electron chi connectivity index (χ0n) is 15.4. The molecule has 1 aliphatic rings. The number of nitrogens with one attached hydrogen (secondary N) is 1. The van der Waals surface area contributed by atoms with Crippen molar-refractivity contribution < 1.29 is 28.8 Å². The first-order chi connectivity index (χ1) is 14.0. The Morgan fingerprint density at radius 3 is 2.45 bits per heavy atom. The van der Waals surface area contributed by atoms with Gasteiger partial charge in [-0.05, 0) is 30.5 Å². The first-order valence-electron chi connectivity index (χ1n) is 8.91.